The number of ether oxygens (including phenoxy) is 1. The number of aromatic nitrogens is 1. The Hall–Kier alpha value is -2.40. The summed E-state index contributed by atoms with van der Waals surface area (Å²) < 4.78 is 6.25. The number of nitrogens with one attached hydrogen (secondary N) is 2. The van der Waals surface area contributed by atoms with E-state index in [2.05, 4.69) is 21.7 Å². The maximum atomic E-state index is 12.2. The molecule has 1 saturated carbocycles. The van der Waals surface area contributed by atoms with E-state index in [0.717, 1.165) is 36.3 Å². The molecule has 4 rings (SSSR count). The highest BCUT2D eigenvalue weighted by Crippen LogP contribution is 2.48. The summed E-state index contributed by atoms with van der Waals surface area (Å²) in [4.78, 5) is 16.4. The van der Waals surface area contributed by atoms with Gasteiger partial charge in [-0.1, -0.05) is 24.3 Å². The molecule has 2 heterocycles. The first-order valence-corrected chi connectivity index (χ1v) is 8.92. The van der Waals surface area contributed by atoms with Crippen molar-refractivity contribution in [2.45, 2.75) is 43.9 Å². The molecule has 130 valence electrons. The number of amides is 1. The smallest absolute Gasteiger partial charge is 0.234 e. The molecule has 25 heavy (non-hydrogen) atoms. The maximum Gasteiger partial charge on any atom is 0.234 e. The first-order valence-electron chi connectivity index (χ1n) is 8.92. The first kappa shape index (κ1) is 16.1. The molecule has 1 spiro atoms. The molecule has 0 bridgehead atoms. The second-order valence-electron chi connectivity index (χ2n) is 6.91. The Bertz CT molecular complexity index is 744. The van der Waals surface area contributed by atoms with Gasteiger partial charge in [0.05, 0.1) is 18.8 Å². The van der Waals surface area contributed by atoms with Gasteiger partial charge in [0.1, 0.15) is 11.4 Å². The van der Waals surface area contributed by atoms with Crippen LogP contribution in [0.25, 0.3) is 0 Å². The summed E-state index contributed by atoms with van der Waals surface area (Å²) in [5.74, 6) is 0.942. The number of fused-ring (bicyclic) bond motifs is 1. The quantitative estimate of drug-likeness (QED) is 0.881. The molecule has 1 aromatic carbocycles. The highest BCUT2D eigenvalue weighted by molar-refractivity contribution is 5.78. The molecule has 1 fully saturated rings. The number of benzene rings is 1. The molecule has 2 aromatic rings. The maximum absolute atomic E-state index is 12.2. The molecule has 1 atom stereocenters. The molecule has 2 aliphatic rings. The minimum Gasteiger partial charge on any atom is -0.487 e. The average Bonchev–Trinajstić information content (AvgIpc) is 2.63. The average molecular weight is 337 g/mol. The molecule has 1 aliphatic heterocycles. The Morgan fingerprint density at radius 3 is 2.80 bits per heavy atom. The highest BCUT2D eigenvalue weighted by Gasteiger charge is 2.45. The minimum absolute atomic E-state index is 0.0164. The molecule has 1 unspecified atom stereocenters. The fourth-order valence-corrected chi connectivity index (χ4v) is 3.65. The molecular formula is C20H23N3O2. The van der Waals surface area contributed by atoms with Gasteiger partial charge in [-0.05, 0) is 37.5 Å². The molecule has 1 aliphatic carbocycles. The lowest BCUT2D eigenvalue weighted by molar-refractivity contribution is -0.120. The van der Waals surface area contributed by atoms with Crippen molar-refractivity contribution < 1.29 is 9.53 Å². The van der Waals surface area contributed by atoms with Crippen LogP contribution < -0.4 is 15.4 Å². The van der Waals surface area contributed by atoms with Gasteiger partial charge in [0.15, 0.2) is 0 Å². The van der Waals surface area contributed by atoms with Gasteiger partial charge in [-0.2, -0.15) is 0 Å². The van der Waals surface area contributed by atoms with E-state index in [1.165, 1.54) is 6.42 Å². The van der Waals surface area contributed by atoms with E-state index in [1.54, 1.807) is 6.20 Å². The van der Waals surface area contributed by atoms with Crippen molar-refractivity contribution in [2.75, 3.05) is 6.54 Å². The Morgan fingerprint density at radius 2 is 2.04 bits per heavy atom. The van der Waals surface area contributed by atoms with E-state index in [4.69, 9.17) is 4.74 Å². The van der Waals surface area contributed by atoms with Crippen LogP contribution in [0.2, 0.25) is 0 Å². The third-order valence-electron chi connectivity index (χ3n) is 5.16. The van der Waals surface area contributed by atoms with Crippen LogP contribution in [0.1, 0.15) is 43.0 Å². The lowest BCUT2D eigenvalue weighted by Crippen LogP contribution is -2.50. The number of pyridine rings is 1. The van der Waals surface area contributed by atoms with Crippen molar-refractivity contribution in [3.8, 4) is 5.75 Å². The number of carbonyl (C=O) groups excluding carboxylic acids is 1. The summed E-state index contributed by atoms with van der Waals surface area (Å²) in [5, 5.41) is 6.34. The molecule has 1 amide bonds. The predicted octanol–water partition coefficient (Wildman–Crippen LogP) is 2.73. The van der Waals surface area contributed by atoms with Crippen molar-refractivity contribution in [3.63, 3.8) is 0 Å². The minimum atomic E-state index is -0.0313. The molecular weight excluding hydrogens is 314 g/mol. The summed E-state index contributed by atoms with van der Waals surface area (Å²) in [6.07, 6.45) is 6.09. The van der Waals surface area contributed by atoms with E-state index in [-0.39, 0.29) is 17.6 Å². The van der Waals surface area contributed by atoms with Gasteiger partial charge in [-0.15, -0.1) is 0 Å². The zero-order valence-electron chi connectivity index (χ0n) is 14.2. The van der Waals surface area contributed by atoms with Crippen LogP contribution in [0.15, 0.2) is 48.7 Å². The number of carbonyl (C=O) groups is 1. The third kappa shape index (κ3) is 3.51. The van der Waals surface area contributed by atoms with Gasteiger partial charge in [-0.25, -0.2) is 0 Å². The van der Waals surface area contributed by atoms with Crippen molar-refractivity contribution in [3.05, 3.63) is 59.9 Å². The SMILES string of the molecule is O=C(CNC1CC2(CCC2)Oc2ccccc21)NCc1ccccn1. The van der Waals surface area contributed by atoms with Gasteiger partial charge >= 0.3 is 0 Å². The summed E-state index contributed by atoms with van der Waals surface area (Å²) in [6.45, 7) is 0.748. The summed E-state index contributed by atoms with van der Waals surface area (Å²) >= 11 is 0. The Balaban J connectivity index is 1.36. The van der Waals surface area contributed by atoms with Crippen LogP contribution in [0.3, 0.4) is 0 Å². The van der Waals surface area contributed by atoms with Gasteiger partial charge in [-0.3, -0.25) is 9.78 Å². The van der Waals surface area contributed by atoms with Gasteiger partial charge in [0, 0.05) is 24.2 Å². The molecule has 5 heteroatoms. The van der Waals surface area contributed by atoms with Crippen LogP contribution in [0, 0.1) is 0 Å². The normalized spacial score (nSPS) is 20.2. The van der Waals surface area contributed by atoms with Gasteiger partial charge in [0.25, 0.3) is 0 Å². The second-order valence-corrected chi connectivity index (χ2v) is 6.91. The predicted molar refractivity (Wildman–Crippen MR) is 95.1 cm³/mol. The lowest BCUT2D eigenvalue weighted by atomic mass is 9.73. The molecule has 2 N–H and O–H groups in total. The van der Waals surface area contributed by atoms with Crippen LogP contribution >= 0.6 is 0 Å². The number of rotatable bonds is 5. The zero-order valence-corrected chi connectivity index (χ0v) is 14.2. The summed E-state index contributed by atoms with van der Waals surface area (Å²) in [6, 6.07) is 14.0. The van der Waals surface area contributed by atoms with E-state index < -0.39 is 0 Å². The Labute approximate surface area is 147 Å². The van der Waals surface area contributed by atoms with Crippen LogP contribution in [-0.2, 0) is 11.3 Å². The molecule has 0 saturated heterocycles. The second kappa shape index (κ2) is 6.84. The topological polar surface area (TPSA) is 63.2 Å². The van der Waals surface area contributed by atoms with Crippen molar-refractivity contribution in [2.24, 2.45) is 0 Å². The van der Waals surface area contributed by atoms with Crippen LogP contribution in [0.4, 0.5) is 0 Å². The molecule has 1 aromatic heterocycles. The van der Waals surface area contributed by atoms with Gasteiger partial charge < -0.3 is 15.4 Å². The van der Waals surface area contributed by atoms with Crippen LogP contribution in [0.5, 0.6) is 5.75 Å². The van der Waals surface area contributed by atoms with E-state index >= 15 is 0 Å². The molecule has 5 nitrogen and oxygen atoms in total. The first-order chi connectivity index (χ1) is 12.2. The lowest BCUT2D eigenvalue weighted by Gasteiger charge is -2.48. The molecule has 0 radical (unpaired) electrons. The van der Waals surface area contributed by atoms with E-state index in [9.17, 15) is 4.79 Å². The Morgan fingerprint density at radius 1 is 1.20 bits per heavy atom. The number of nitrogens with zero attached hydrogens (tertiary/aromatic N) is 1. The standard InChI is InChI=1S/C20H23N3O2/c24-19(23-13-15-6-3-4-11-21-15)14-22-17-12-20(9-5-10-20)25-18-8-2-1-7-16(17)18/h1-4,6-8,11,17,22H,5,9-10,12-14H2,(H,23,24). The van der Waals surface area contributed by atoms with Crippen molar-refractivity contribution in [1.29, 1.82) is 0 Å². The fourth-order valence-electron chi connectivity index (χ4n) is 3.65. The number of hydrogen-bond acceptors (Lipinski definition) is 4. The third-order valence-corrected chi connectivity index (χ3v) is 5.16. The van der Waals surface area contributed by atoms with E-state index in [1.807, 2.05) is 36.4 Å². The fraction of sp³-hybridized carbons (Fsp3) is 0.400. The monoisotopic (exact) mass is 337 g/mol. The van der Waals surface area contributed by atoms with Crippen LogP contribution in [-0.4, -0.2) is 23.0 Å². The summed E-state index contributed by atoms with van der Waals surface area (Å²) in [5.41, 5.74) is 1.98. The summed E-state index contributed by atoms with van der Waals surface area (Å²) in [7, 11) is 0. The largest absolute Gasteiger partial charge is 0.487 e. The van der Waals surface area contributed by atoms with Crippen molar-refractivity contribution in [1.82, 2.24) is 15.6 Å². The highest BCUT2D eigenvalue weighted by atomic mass is 16.5. The van der Waals surface area contributed by atoms with Crippen molar-refractivity contribution >= 4 is 5.91 Å². The van der Waals surface area contributed by atoms with Gasteiger partial charge in [0.2, 0.25) is 5.91 Å². The zero-order chi connectivity index (χ0) is 17.1. The van der Waals surface area contributed by atoms with E-state index in [0.29, 0.717) is 13.1 Å². The number of hydrogen-bond donors (Lipinski definition) is 2. The Kier molecular flexibility index (Phi) is 4.40. The number of para-hydroxylation sites is 1.